The number of thiophene rings is 2. The molecule has 2 aliphatic heterocycles. The van der Waals surface area contributed by atoms with E-state index >= 15 is 0 Å². The zero-order valence-electron chi connectivity index (χ0n) is 18.5. The van der Waals surface area contributed by atoms with E-state index in [1.54, 1.807) is 0 Å². The predicted octanol–water partition coefficient (Wildman–Crippen LogP) is 11.1. The van der Waals surface area contributed by atoms with Gasteiger partial charge < -0.3 is 0 Å². The van der Waals surface area contributed by atoms with Crippen LogP contribution in [-0.4, -0.2) is 0 Å². The second-order valence-corrected chi connectivity index (χ2v) is 15.0. The molecule has 4 aromatic rings. The van der Waals surface area contributed by atoms with Crippen LogP contribution in [0.5, 0.6) is 0 Å². The van der Waals surface area contributed by atoms with E-state index in [-0.39, 0.29) is 0 Å². The minimum Gasteiger partial charge on any atom is -0.140 e. The van der Waals surface area contributed by atoms with Gasteiger partial charge in [0.25, 0.3) is 0 Å². The van der Waals surface area contributed by atoms with Gasteiger partial charge in [-0.2, -0.15) is 0 Å². The maximum absolute atomic E-state index is 2.31. The minimum absolute atomic E-state index is 1.30. The Hall–Kier alpha value is -1.54. The Labute approximate surface area is 225 Å². The third kappa shape index (κ3) is 4.52. The summed E-state index contributed by atoms with van der Waals surface area (Å²) in [6, 6.07) is 30.7. The molecule has 0 amide bonds. The summed E-state index contributed by atoms with van der Waals surface area (Å²) in [6.45, 7) is 4.43. The van der Waals surface area contributed by atoms with Crippen LogP contribution in [0.3, 0.4) is 0 Å². The van der Waals surface area contributed by atoms with Crippen molar-refractivity contribution < 1.29 is 0 Å². The molecule has 6 rings (SSSR count). The molecule has 0 atom stereocenters. The molecular formula is C28H20S6. The smallest absolute Gasteiger partial charge is 0.0707 e. The van der Waals surface area contributed by atoms with Gasteiger partial charge >= 0.3 is 0 Å². The molecule has 168 valence electrons. The fourth-order valence-electron chi connectivity index (χ4n) is 3.79. The molecule has 4 heterocycles. The Morgan fingerprint density at radius 3 is 1.65 bits per heavy atom. The quantitative estimate of drug-likeness (QED) is 0.248. The Bertz CT molecular complexity index is 1450. The molecule has 0 aliphatic carbocycles. The number of allylic oxidation sites excluding steroid dienone is 1. The Morgan fingerprint density at radius 2 is 0.971 bits per heavy atom. The maximum Gasteiger partial charge on any atom is 0.0707 e. The lowest BCUT2D eigenvalue weighted by Crippen LogP contribution is -1.79. The first kappa shape index (κ1) is 22.9. The molecule has 0 radical (unpaired) electrons. The third-order valence-corrected chi connectivity index (χ3v) is 13.7. The summed E-state index contributed by atoms with van der Waals surface area (Å²) in [5.41, 5.74) is 2.61. The molecule has 2 aromatic carbocycles. The molecular weight excluding hydrogens is 529 g/mol. The van der Waals surface area contributed by atoms with E-state index < -0.39 is 0 Å². The fraction of sp³-hybridized carbons (Fsp3) is 0.0714. The van der Waals surface area contributed by atoms with Gasteiger partial charge in [-0.15, -0.1) is 22.7 Å². The summed E-state index contributed by atoms with van der Waals surface area (Å²) < 4.78 is 2.80. The Morgan fingerprint density at radius 1 is 0.441 bits per heavy atom. The molecule has 6 heteroatoms. The van der Waals surface area contributed by atoms with Gasteiger partial charge in [0, 0.05) is 39.1 Å². The molecule has 0 N–H and O–H groups in total. The van der Waals surface area contributed by atoms with Crippen molar-refractivity contribution in [3.63, 3.8) is 0 Å². The van der Waals surface area contributed by atoms with Crippen molar-refractivity contribution in [3.05, 3.63) is 119 Å². The topological polar surface area (TPSA) is 0 Å². The molecule has 0 saturated carbocycles. The normalized spacial score (nSPS) is 18.4. The standard InChI is InChI=1S/C28H20S6/c1-17-13-14-21(29-17)22-15-16-23(31-22)26-25(20-11-7-4-8-12-20)33-28(34-26)27-30-18(2)24(32-27)19-9-5-3-6-10-19/h3-16H,1-2H3/b28-27-. The molecule has 2 aromatic heterocycles. The van der Waals surface area contributed by atoms with E-state index in [1.807, 2.05) is 69.7 Å². The summed E-state index contributed by atoms with van der Waals surface area (Å²) in [5, 5.41) is 0. The van der Waals surface area contributed by atoms with Gasteiger partial charge in [-0.1, -0.05) is 108 Å². The van der Waals surface area contributed by atoms with Gasteiger partial charge in [-0.3, -0.25) is 0 Å². The van der Waals surface area contributed by atoms with E-state index in [0.717, 1.165) is 0 Å². The van der Waals surface area contributed by atoms with Crippen molar-refractivity contribution in [2.45, 2.75) is 13.8 Å². The average molecular weight is 549 g/mol. The molecule has 0 saturated heterocycles. The van der Waals surface area contributed by atoms with E-state index in [4.69, 9.17) is 0 Å². The first-order chi connectivity index (χ1) is 16.7. The summed E-state index contributed by atoms with van der Waals surface area (Å²) in [6.07, 6.45) is 0. The third-order valence-electron chi connectivity index (χ3n) is 5.41. The SMILES string of the molecule is CC1=C(c2ccccc2)S/C(=C2/SC(c3ccccc3)=C(c3ccc(-c4ccc(C)s4)s3)S2)S1. The van der Waals surface area contributed by atoms with Crippen LogP contribution in [0.4, 0.5) is 0 Å². The summed E-state index contributed by atoms with van der Waals surface area (Å²) >= 11 is 11.5. The number of benzene rings is 2. The Balaban J connectivity index is 1.36. The highest BCUT2D eigenvalue weighted by Crippen LogP contribution is 2.65. The number of rotatable bonds is 4. The summed E-state index contributed by atoms with van der Waals surface area (Å²) in [5.74, 6) is 0. The minimum atomic E-state index is 1.30. The largest absolute Gasteiger partial charge is 0.140 e. The van der Waals surface area contributed by atoms with Crippen LogP contribution in [0, 0.1) is 6.92 Å². The number of thioether (sulfide) groups is 4. The van der Waals surface area contributed by atoms with Crippen molar-refractivity contribution in [2.75, 3.05) is 0 Å². The van der Waals surface area contributed by atoms with Gasteiger partial charge in [0.15, 0.2) is 0 Å². The van der Waals surface area contributed by atoms with Crippen molar-refractivity contribution in [1.29, 1.82) is 0 Å². The lowest BCUT2D eigenvalue weighted by atomic mass is 10.2. The van der Waals surface area contributed by atoms with E-state index in [2.05, 4.69) is 98.8 Å². The maximum atomic E-state index is 2.31. The van der Waals surface area contributed by atoms with Crippen LogP contribution in [-0.2, 0) is 0 Å². The summed E-state index contributed by atoms with van der Waals surface area (Å²) in [4.78, 5) is 11.0. The van der Waals surface area contributed by atoms with E-state index in [0.29, 0.717) is 0 Å². The molecule has 0 unspecified atom stereocenters. The molecule has 2 aliphatic rings. The lowest BCUT2D eigenvalue weighted by Gasteiger charge is -2.04. The van der Waals surface area contributed by atoms with Crippen LogP contribution in [0.25, 0.3) is 24.5 Å². The second kappa shape index (κ2) is 9.84. The van der Waals surface area contributed by atoms with Crippen LogP contribution in [0.1, 0.15) is 27.8 Å². The molecule has 0 bridgehead atoms. The van der Waals surface area contributed by atoms with Crippen molar-refractivity contribution in [2.24, 2.45) is 0 Å². The zero-order chi connectivity index (χ0) is 23.1. The number of aryl methyl sites for hydroxylation is 1. The van der Waals surface area contributed by atoms with Crippen molar-refractivity contribution in [3.8, 4) is 9.75 Å². The number of hydrogen-bond acceptors (Lipinski definition) is 6. The van der Waals surface area contributed by atoms with E-state index in [1.165, 1.54) is 58.7 Å². The first-order valence-electron chi connectivity index (χ1n) is 10.8. The van der Waals surface area contributed by atoms with Gasteiger partial charge in [-0.25, -0.2) is 0 Å². The summed E-state index contributed by atoms with van der Waals surface area (Å²) in [7, 11) is 0. The predicted molar refractivity (Wildman–Crippen MR) is 162 cm³/mol. The van der Waals surface area contributed by atoms with Crippen LogP contribution in [0.15, 0.2) is 98.3 Å². The van der Waals surface area contributed by atoms with Crippen LogP contribution < -0.4 is 0 Å². The van der Waals surface area contributed by atoms with Crippen molar-refractivity contribution in [1.82, 2.24) is 0 Å². The van der Waals surface area contributed by atoms with Gasteiger partial charge in [0.2, 0.25) is 0 Å². The van der Waals surface area contributed by atoms with E-state index in [9.17, 15) is 0 Å². The van der Waals surface area contributed by atoms with Crippen LogP contribution >= 0.6 is 69.7 Å². The average Bonchev–Trinajstić information content (AvgIpc) is 3.66. The highest BCUT2D eigenvalue weighted by Gasteiger charge is 2.31. The van der Waals surface area contributed by atoms with Gasteiger partial charge in [-0.05, 0) is 49.2 Å². The Kier molecular flexibility index (Phi) is 6.63. The molecule has 0 spiro atoms. The lowest BCUT2D eigenvalue weighted by molar-refractivity contribution is 1.62. The number of hydrogen-bond donors (Lipinski definition) is 0. The van der Waals surface area contributed by atoms with Crippen LogP contribution in [0.2, 0.25) is 0 Å². The van der Waals surface area contributed by atoms with Gasteiger partial charge in [0.05, 0.1) is 8.47 Å². The first-order valence-corrected chi connectivity index (χ1v) is 15.7. The molecule has 0 fully saturated rings. The second-order valence-electron chi connectivity index (χ2n) is 7.83. The highest BCUT2D eigenvalue weighted by atomic mass is 32.2. The van der Waals surface area contributed by atoms with Crippen molar-refractivity contribution >= 4 is 84.4 Å². The van der Waals surface area contributed by atoms with Gasteiger partial charge in [0.1, 0.15) is 0 Å². The zero-order valence-corrected chi connectivity index (χ0v) is 23.4. The molecule has 34 heavy (non-hydrogen) atoms. The molecule has 0 nitrogen and oxygen atoms in total. The highest BCUT2D eigenvalue weighted by molar-refractivity contribution is 8.38. The monoisotopic (exact) mass is 548 g/mol. The fourth-order valence-corrected chi connectivity index (χ4v) is 11.6.